The molecular weight excluding hydrogens is 330 g/mol. The molecule has 4 rings (SSSR count). The molecule has 0 radical (unpaired) electrons. The maximum Gasteiger partial charge on any atom is 0.316 e. The van der Waals surface area contributed by atoms with Gasteiger partial charge in [0.15, 0.2) is 5.82 Å². The smallest absolute Gasteiger partial charge is 0.316 e. The summed E-state index contributed by atoms with van der Waals surface area (Å²) in [4.78, 5) is 15.2. The summed E-state index contributed by atoms with van der Waals surface area (Å²) in [5.41, 5.74) is 1.97. The van der Waals surface area contributed by atoms with Crippen molar-refractivity contribution in [2.75, 3.05) is 13.1 Å². The number of hydrogen-bond donors (Lipinski definition) is 0. The lowest BCUT2D eigenvalue weighted by Gasteiger charge is -2.30. The van der Waals surface area contributed by atoms with Gasteiger partial charge in [-0.3, -0.25) is 4.90 Å². The van der Waals surface area contributed by atoms with Crippen molar-refractivity contribution in [2.45, 2.75) is 32.4 Å². The molecule has 0 aliphatic carbocycles. The van der Waals surface area contributed by atoms with E-state index in [0.29, 0.717) is 24.3 Å². The zero-order valence-corrected chi connectivity index (χ0v) is 14.7. The predicted molar refractivity (Wildman–Crippen MR) is 95.4 cm³/mol. The Balaban J connectivity index is 1.29. The average molecular weight is 351 g/mol. The predicted octanol–water partition coefficient (Wildman–Crippen LogP) is 2.88. The highest BCUT2D eigenvalue weighted by atomic mass is 16.5. The first-order valence-electron chi connectivity index (χ1n) is 8.82. The number of hydrogen-bond acceptors (Lipinski definition) is 7. The highest BCUT2D eigenvalue weighted by Gasteiger charge is 2.22. The Bertz CT molecular complexity index is 827. The lowest BCUT2D eigenvalue weighted by Crippen LogP contribution is -2.38. The summed E-state index contributed by atoms with van der Waals surface area (Å²) >= 11 is 0. The Hall–Kier alpha value is -2.80. The maximum absolute atomic E-state index is 5.87. The third-order valence-corrected chi connectivity index (χ3v) is 4.42. The van der Waals surface area contributed by atoms with Gasteiger partial charge in [0.1, 0.15) is 6.10 Å². The Labute approximate surface area is 152 Å². The number of aromatic nitrogens is 4. The minimum Gasteiger partial charge on any atom is -0.460 e. The van der Waals surface area contributed by atoms with Crippen molar-refractivity contribution in [3.8, 4) is 17.5 Å². The van der Waals surface area contributed by atoms with Gasteiger partial charge in [-0.05, 0) is 37.5 Å². The maximum atomic E-state index is 5.87. The monoisotopic (exact) mass is 351 g/mol. The van der Waals surface area contributed by atoms with Crippen LogP contribution in [0.1, 0.15) is 24.2 Å². The van der Waals surface area contributed by atoms with E-state index < -0.39 is 0 Å². The lowest BCUT2D eigenvalue weighted by atomic mass is 10.1. The van der Waals surface area contributed by atoms with Crippen LogP contribution in [0.4, 0.5) is 0 Å². The molecule has 134 valence electrons. The van der Waals surface area contributed by atoms with Crippen LogP contribution in [0.3, 0.4) is 0 Å². The Morgan fingerprint density at radius 1 is 1.12 bits per heavy atom. The molecule has 0 saturated carbocycles. The first kappa shape index (κ1) is 16.7. The minimum absolute atomic E-state index is 0.152. The summed E-state index contributed by atoms with van der Waals surface area (Å²) in [6, 6.07) is 10.3. The van der Waals surface area contributed by atoms with Crippen molar-refractivity contribution in [3.05, 3.63) is 54.1 Å². The first-order chi connectivity index (χ1) is 12.8. The summed E-state index contributed by atoms with van der Waals surface area (Å²) in [5, 5.41) is 4.10. The van der Waals surface area contributed by atoms with Gasteiger partial charge >= 0.3 is 6.01 Å². The number of likely N-dealkylation sites (tertiary alicyclic amines) is 1. The molecule has 3 heterocycles. The average Bonchev–Trinajstić information content (AvgIpc) is 3.14. The van der Waals surface area contributed by atoms with Crippen LogP contribution in [0.25, 0.3) is 11.5 Å². The largest absolute Gasteiger partial charge is 0.460 e. The Morgan fingerprint density at radius 2 is 1.85 bits per heavy atom. The molecule has 26 heavy (non-hydrogen) atoms. The molecule has 7 nitrogen and oxygen atoms in total. The van der Waals surface area contributed by atoms with Gasteiger partial charge in [0.25, 0.3) is 5.89 Å². The molecule has 2 aromatic heterocycles. The normalized spacial score (nSPS) is 15.9. The van der Waals surface area contributed by atoms with Crippen LogP contribution < -0.4 is 4.74 Å². The first-order valence-corrected chi connectivity index (χ1v) is 8.82. The third-order valence-electron chi connectivity index (χ3n) is 4.42. The molecular formula is C19H21N5O2. The second kappa shape index (κ2) is 7.61. The van der Waals surface area contributed by atoms with E-state index in [0.717, 1.165) is 37.1 Å². The molecule has 0 atom stereocenters. The molecule has 0 bridgehead atoms. The fourth-order valence-electron chi connectivity index (χ4n) is 2.99. The molecule has 7 heteroatoms. The van der Waals surface area contributed by atoms with Crippen LogP contribution in [0.15, 0.2) is 47.2 Å². The van der Waals surface area contributed by atoms with Gasteiger partial charge < -0.3 is 9.26 Å². The zero-order chi connectivity index (χ0) is 17.8. The van der Waals surface area contributed by atoms with Gasteiger partial charge in [-0.15, -0.1) is 0 Å². The van der Waals surface area contributed by atoms with E-state index in [4.69, 9.17) is 9.26 Å². The molecule has 1 aliphatic rings. The summed E-state index contributed by atoms with van der Waals surface area (Å²) in [6.45, 7) is 4.49. The Morgan fingerprint density at radius 3 is 2.58 bits per heavy atom. The van der Waals surface area contributed by atoms with E-state index in [2.05, 4.69) is 25.0 Å². The summed E-state index contributed by atoms with van der Waals surface area (Å²) in [6.07, 6.45) is 5.57. The molecule has 0 amide bonds. The number of ether oxygens (including phenoxy) is 1. The van der Waals surface area contributed by atoms with Crippen molar-refractivity contribution in [2.24, 2.45) is 0 Å². The van der Waals surface area contributed by atoms with Crippen molar-refractivity contribution < 1.29 is 9.26 Å². The molecule has 0 spiro atoms. The fourth-order valence-corrected chi connectivity index (χ4v) is 2.99. The number of benzene rings is 1. The van der Waals surface area contributed by atoms with Gasteiger partial charge in [-0.1, -0.05) is 23.4 Å². The van der Waals surface area contributed by atoms with Crippen molar-refractivity contribution in [3.63, 3.8) is 0 Å². The third kappa shape index (κ3) is 4.05. The van der Waals surface area contributed by atoms with Crippen LogP contribution in [-0.4, -0.2) is 44.2 Å². The van der Waals surface area contributed by atoms with E-state index in [1.165, 1.54) is 0 Å². The minimum atomic E-state index is 0.152. The molecule has 1 aromatic carbocycles. The number of piperidine rings is 1. The van der Waals surface area contributed by atoms with E-state index >= 15 is 0 Å². The van der Waals surface area contributed by atoms with Gasteiger partial charge in [0.05, 0.1) is 6.54 Å². The summed E-state index contributed by atoms with van der Waals surface area (Å²) in [5.74, 6) is 1.28. The van der Waals surface area contributed by atoms with E-state index in [-0.39, 0.29) is 6.10 Å². The molecule has 0 unspecified atom stereocenters. The number of nitrogens with zero attached hydrogens (tertiary/aromatic N) is 5. The standard InChI is InChI=1S/C19H21N5O2/c1-14-11-20-19(21-12-14)25-16-7-9-24(10-8-16)13-17-22-18(26-23-17)15-5-3-2-4-6-15/h2-6,11-12,16H,7-10,13H2,1H3. The van der Waals surface area contributed by atoms with Gasteiger partial charge in [-0.2, -0.15) is 4.98 Å². The second-order valence-corrected chi connectivity index (χ2v) is 6.52. The highest BCUT2D eigenvalue weighted by Crippen LogP contribution is 2.19. The fraction of sp³-hybridized carbons (Fsp3) is 0.368. The zero-order valence-electron chi connectivity index (χ0n) is 14.7. The topological polar surface area (TPSA) is 77.2 Å². The van der Waals surface area contributed by atoms with E-state index in [1.54, 1.807) is 12.4 Å². The summed E-state index contributed by atoms with van der Waals surface area (Å²) < 4.78 is 11.2. The molecule has 1 fully saturated rings. The SMILES string of the molecule is Cc1cnc(OC2CCN(Cc3noc(-c4ccccc4)n3)CC2)nc1. The van der Waals surface area contributed by atoms with Crippen LogP contribution in [0.2, 0.25) is 0 Å². The van der Waals surface area contributed by atoms with E-state index in [9.17, 15) is 0 Å². The van der Waals surface area contributed by atoms with Gasteiger partial charge in [0, 0.05) is 31.0 Å². The highest BCUT2D eigenvalue weighted by molar-refractivity contribution is 5.51. The Kier molecular flexibility index (Phi) is 4.88. The summed E-state index contributed by atoms with van der Waals surface area (Å²) in [7, 11) is 0. The van der Waals surface area contributed by atoms with Crippen molar-refractivity contribution >= 4 is 0 Å². The number of aryl methyl sites for hydroxylation is 1. The molecule has 1 saturated heterocycles. The van der Waals surface area contributed by atoms with Crippen molar-refractivity contribution in [1.29, 1.82) is 0 Å². The van der Waals surface area contributed by atoms with Crippen LogP contribution in [-0.2, 0) is 6.54 Å². The molecule has 0 N–H and O–H groups in total. The second-order valence-electron chi connectivity index (χ2n) is 6.52. The lowest BCUT2D eigenvalue weighted by molar-refractivity contribution is 0.0875. The van der Waals surface area contributed by atoms with E-state index in [1.807, 2.05) is 37.3 Å². The molecule has 3 aromatic rings. The molecule has 1 aliphatic heterocycles. The van der Waals surface area contributed by atoms with Crippen molar-refractivity contribution in [1.82, 2.24) is 25.0 Å². The van der Waals surface area contributed by atoms with Gasteiger partial charge in [0.2, 0.25) is 0 Å². The van der Waals surface area contributed by atoms with Crippen LogP contribution in [0.5, 0.6) is 6.01 Å². The quantitative estimate of drug-likeness (QED) is 0.699. The van der Waals surface area contributed by atoms with Crippen LogP contribution >= 0.6 is 0 Å². The van der Waals surface area contributed by atoms with Crippen LogP contribution in [0, 0.1) is 6.92 Å². The number of rotatable bonds is 5. The van der Waals surface area contributed by atoms with Gasteiger partial charge in [-0.25, -0.2) is 9.97 Å².